The molecule has 1 aliphatic carbocycles. The van der Waals surface area contributed by atoms with E-state index in [-0.39, 0.29) is 18.3 Å². The molecule has 1 unspecified atom stereocenters. The third-order valence-corrected chi connectivity index (χ3v) is 2.24. The standard InChI is InChI=1S/C9H12O3/c1-6-7(3-4-10)8(11)5-9(6)12-2/h4,9H,3,5H2,1-2H3. The smallest absolute Gasteiger partial charge is 0.162 e. The maximum Gasteiger partial charge on any atom is 0.162 e. The van der Waals surface area contributed by atoms with Gasteiger partial charge in [0.1, 0.15) is 6.29 Å². The number of allylic oxidation sites excluding steroid dienone is 1. The lowest BCUT2D eigenvalue weighted by molar-refractivity contribution is -0.117. The predicted molar refractivity (Wildman–Crippen MR) is 43.8 cm³/mol. The van der Waals surface area contributed by atoms with Crippen LogP contribution in [0, 0.1) is 0 Å². The van der Waals surface area contributed by atoms with Gasteiger partial charge in [-0.15, -0.1) is 0 Å². The molecular weight excluding hydrogens is 156 g/mol. The molecule has 1 rings (SSSR count). The number of methoxy groups -OCH3 is 1. The minimum atomic E-state index is -0.104. The van der Waals surface area contributed by atoms with Crippen molar-refractivity contribution in [1.82, 2.24) is 0 Å². The van der Waals surface area contributed by atoms with E-state index < -0.39 is 0 Å². The van der Waals surface area contributed by atoms with E-state index in [4.69, 9.17) is 4.74 Å². The molecule has 0 N–H and O–H groups in total. The number of Topliss-reactive ketones (excluding diaryl/α,β-unsaturated/α-hetero) is 1. The largest absolute Gasteiger partial charge is 0.377 e. The lowest BCUT2D eigenvalue weighted by Crippen LogP contribution is -2.08. The highest BCUT2D eigenvalue weighted by Crippen LogP contribution is 2.26. The predicted octanol–water partition coefficient (Wildman–Crippen LogP) is 0.880. The summed E-state index contributed by atoms with van der Waals surface area (Å²) >= 11 is 0. The number of ketones is 1. The van der Waals surface area contributed by atoms with E-state index in [1.807, 2.05) is 6.92 Å². The number of ether oxygens (including phenoxy) is 1. The molecule has 3 heteroatoms. The number of hydrogen-bond donors (Lipinski definition) is 0. The van der Waals surface area contributed by atoms with Crippen LogP contribution in [0.5, 0.6) is 0 Å². The first-order valence-corrected chi connectivity index (χ1v) is 3.90. The van der Waals surface area contributed by atoms with Crippen LogP contribution in [0.2, 0.25) is 0 Å². The molecular formula is C9H12O3. The summed E-state index contributed by atoms with van der Waals surface area (Å²) < 4.78 is 5.08. The molecule has 66 valence electrons. The molecule has 0 aromatic rings. The fourth-order valence-corrected chi connectivity index (χ4v) is 1.48. The van der Waals surface area contributed by atoms with E-state index >= 15 is 0 Å². The molecule has 12 heavy (non-hydrogen) atoms. The van der Waals surface area contributed by atoms with Gasteiger partial charge in [0.15, 0.2) is 5.78 Å². The quantitative estimate of drug-likeness (QED) is 0.587. The Morgan fingerprint density at radius 2 is 2.33 bits per heavy atom. The van der Waals surface area contributed by atoms with Crippen molar-refractivity contribution in [3.63, 3.8) is 0 Å². The summed E-state index contributed by atoms with van der Waals surface area (Å²) in [6, 6.07) is 0. The second-order valence-corrected chi connectivity index (χ2v) is 2.88. The SMILES string of the molecule is COC1CC(=O)C(CC=O)=C1C. The Hall–Kier alpha value is -0.960. The summed E-state index contributed by atoms with van der Waals surface area (Å²) in [5.74, 6) is 0.0476. The van der Waals surface area contributed by atoms with Crippen LogP contribution in [0.1, 0.15) is 19.8 Å². The van der Waals surface area contributed by atoms with Crippen molar-refractivity contribution in [2.24, 2.45) is 0 Å². The van der Waals surface area contributed by atoms with Crippen LogP contribution < -0.4 is 0 Å². The molecule has 0 aromatic carbocycles. The minimum absolute atomic E-state index is 0.0476. The van der Waals surface area contributed by atoms with Crippen molar-refractivity contribution in [1.29, 1.82) is 0 Å². The molecule has 0 bridgehead atoms. The highest BCUT2D eigenvalue weighted by Gasteiger charge is 2.28. The second kappa shape index (κ2) is 3.63. The highest BCUT2D eigenvalue weighted by molar-refractivity contribution is 6.01. The lowest BCUT2D eigenvalue weighted by Gasteiger charge is -2.06. The first kappa shape index (κ1) is 9.13. The zero-order chi connectivity index (χ0) is 9.14. The Morgan fingerprint density at radius 3 is 2.75 bits per heavy atom. The third kappa shape index (κ3) is 1.46. The third-order valence-electron chi connectivity index (χ3n) is 2.24. The van der Waals surface area contributed by atoms with E-state index in [1.165, 1.54) is 0 Å². The maximum atomic E-state index is 11.2. The minimum Gasteiger partial charge on any atom is -0.377 e. The van der Waals surface area contributed by atoms with Gasteiger partial charge in [-0.3, -0.25) is 4.79 Å². The van der Waals surface area contributed by atoms with Gasteiger partial charge in [0.25, 0.3) is 0 Å². The van der Waals surface area contributed by atoms with Gasteiger partial charge in [-0.1, -0.05) is 0 Å². The van der Waals surface area contributed by atoms with Gasteiger partial charge in [0.05, 0.1) is 6.10 Å². The molecule has 1 aliphatic rings. The molecule has 0 saturated heterocycles. The molecule has 0 amide bonds. The summed E-state index contributed by atoms with van der Waals surface area (Å²) in [5.41, 5.74) is 1.55. The monoisotopic (exact) mass is 168 g/mol. The molecule has 0 fully saturated rings. The van der Waals surface area contributed by atoms with Crippen LogP contribution in [-0.4, -0.2) is 25.3 Å². The van der Waals surface area contributed by atoms with Crippen molar-refractivity contribution >= 4 is 12.1 Å². The first-order chi connectivity index (χ1) is 5.70. The number of carbonyl (C=O) groups is 2. The van der Waals surface area contributed by atoms with Gasteiger partial charge < -0.3 is 9.53 Å². The number of aldehydes is 1. The summed E-state index contributed by atoms with van der Waals surface area (Å²) in [4.78, 5) is 21.5. The van der Waals surface area contributed by atoms with Crippen LogP contribution in [0.4, 0.5) is 0 Å². The fraction of sp³-hybridized carbons (Fsp3) is 0.556. The van der Waals surface area contributed by atoms with Gasteiger partial charge in [-0.05, 0) is 12.5 Å². The molecule has 0 aliphatic heterocycles. The summed E-state index contributed by atoms with van der Waals surface area (Å²) in [6.45, 7) is 1.85. The molecule has 0 heterocycles. The van der Waals surface area contributed by atoms with Crippen LogP contribution in [0.15, 0.2) is 11.1 Å². The Morgan fingerprint density at radius 1 is 1.67 bits per heavy atom. The Kier molecular flexibility index (Phi) is 2.76. The number of hydrogen-bond acceptors (Lipinski definition) is 3. The summed E-state index contributed by atoms with van der Waals surface area (Å²) in [6.07, 6.45) is 1.28. The second-order valence-electron chi connectivity index (χ2n) is 2.88. The van der Waals surface area contributed by atoms with Crippen molar-refractivity contribution < 1.29 is 14.3 Å². The Bertz CT molecular complexity index is 240. The first-order valence-electron chi connectivity index (χ1n) is 3.90. The molecule has 0 spiro atoms. The fourth-order valence-electron chi connectivity index (χ4n) is 1.48. The Labute approximate surface area is 71.4 Å². The maximum absolute atomic E-state index is 11.2. The number of rotatable bonds is 3. The van der Waals surface area contributed by atoms with Crippen LogP contribution in [0.3, 0.4) is 0 Å². The zero-order valence-electron chi connectivity index (χ0n) is 7.29. The van der Waals surface area contributed by atoms with E-state index in [9.17, 15) is 9.59 Å². The zero-order valence-corrected chi connectivity index (χ0v) is 7.29. The van der Waals surface area contributed by atoms with Crippen molar-refractivity contribution in [3.05, 3.63) is 11.1 Å². The average Bonchev–Trinajstić information content (AvgIpc) is 2.32. The average molecular weight is 168 g/mol. The summed E-state index contributed by atoms with van der Waals surface area (Å²) in [5, 5.41) is 0. The molecule has 3 nitrogen and oxygen atoms in total. The lowest BCUT2D eigenvalue weighted by atomic mass is 10.1. The number of carbonyl (C=O) groups excluding carboxylic acids is 2. The molecule has 0 radical (unpaired) electrons. The van der Waals surface area contributed by atoms with Gasteiger partial charge in [0, 0.05) is 25.5 Å². The van der Waals surface area contributed by atoms with Crippen molar-refractivity contribution in [3.8, 4) is 0 Å². The van der Waals surface area contributed by atoms with E-state index in [0.29, 0.717) is 12.0 Å². The van der Waals surface area contributed by atoms with Crippen LogP contribution in [-0.2, 0) is 14.3 Å². The molecule has 0 aromatic heterocycles. The normalized spacial score (nSPS) is 23.5. The van der Waals surface area contributed by atoms with Gasteiger partial charge in [-0.2, -0.15) is 0 Å². The summed E-state index contributed by atoms with van der Waals surface area (Å²) in [7, 11) is 1.57. The van der Waals surface area contributed by atoms with Crippen molar-refractivity contribution in [2.75, 3.05) is 7.11 Å². The van der Waals surface area contributed by atoms with Gasteiger partial charge in [-0.25, -0.2) is 0 Å². The topological polar surface area (TPSA) is 43.4 Å². The van der Waals surface area contributed by atoms with Gasteiger partial charge in [0.2, 0.25) is 0 Å². The van der Waals surface area contributed by atoms with Gasteiger partial charge >= 0.3 is 0 Å². The highest BCUT2D eigenvalue weighted by atomic mass is 16.5. The van der Waals surface area contributed by atoms with Crippen LogP contribution >= 0.6 is 0 Å². The van der Waals surface area contributed by atoms with Crippen molar-refractivity contribution in [2.45, 2.75) is 25.9 Å². The van der Waals surface area contributed by atoms with E-state index in [0.717, 1.165) is 11.9 Å². The van der Waals surface area contributed by atoms with Crippen LogP contribution in [0.25, 0.3) is 0 Å². The van der Waals surface area contributed by atoms with E-state index in [1.54, 1.807) is 7.11 Å². The Balaban J connectivity index is 2.84. The molecule has 1 atom stereocenters. The molecule has 0 saturated carbocycles. The van der Waals surface area contributed by atoms with E-state index in [2.05, 4.69) is 0 Å².